The van der Waals surface area contributed by atoms with E-state index in [1.807, 2.05) is 24.3 Å². The molecule has 158 valence electrons. The summed E-state index contributed by atoms with van der Waals surface area (Å²) in [6, 6.07) is 14.1. The van der Waals surface area contributed by atoms with Crippen molar-refractivity contribution in [3.63, 3.8) is 0 Å². The van der Waals surface area contributed by atoms with Crippen molar-refractivity contribution < 1.29 is 18.6 Å². The van der Waals surface area contributed by atoms with E-state index >= 15 is 0 Å². The Morgan fingerprint density at radius 3 is 2.45 bits per heavy atom. The average Bonchev–Trinajstić information content (AvgIpc) is 3.34. The lowest BCUT2D eigenvalue weighted by Crippen LogP contribution is -2.04. The highest BCUT2D eigenvalue weighted by atomic mass is 19.1. The van der Waals surface area contributed by atoms with Gasteiger partial charge in [-0.3, -0.25) is 5.10 Å². The third kappa shape index (κ3) is 4.98. The number of hydrogen-bond donors (Lipinski definition) is 1. The number of ether oxygens (including phenoxy) is 3. The molecular weight excluding hydrogens is 399 g/mol. The van der Waals surface area contributed by atoms with Gasteiger partial charge in [0.1, 0.15) is 18.2 Å². The minimum absolute atomic E-state index is 0.180. The molecule has 0 spiro atoms. The molecule has 4 aromatic rings. The van der Waals surface area contributed by atoms with Gasteiger partial charge in [-0.2, -0.15) is 10.1 Å². The van der Waals surface area contributed by atoms with Crippen LogP contribution in [-0.4, -0.2) is 34.4 Å². The molecule has 0 aliphatic carbocycles. The van der Waals surface area contributed by atoms with E-state index in [1.54, 1.807) is 37.7 Å². The van der Waals surface area contributed by atoms with Gasteiger partial charge in [0, 0.05) is 24.2 Å². The van der Waals surface area contributed by atoms with Gasteiger partial charge in [-0.25, -0.2) is 9.37 Å². The van der Waals surface area contributed by atoms with Crippen LogP contribution in [0.2, 0.25) is 0 Å². The van der Waals surface area contributed by atoms with Gasteiger partial charge in [-0.05, 0) is 35.4 Å². The Balaban J connectivity index is 1.59. The van der Waals surface area contributed by atoms with Crippen LogP contribution in [0, 0.1) is 5.82 Å². The van der Waals surface area contributed by atoms with Gasteiger partial charge in [-0.15, -0.1) is 0 Å². The minimum atomic E-state index is -0.414. The Bertz CT molecular complexity index is 1150. The van der Waals surface area contributed by atoms with Gasteiger partial charge in [0.15, 0.2) is 11.6 Å². The Morgan fingerprint density at radius 2 is 1.74 bits per heavy atom. The maximum atomic E-state index is 13.7. The molecule has 1 N–H and O–H groups in total. The first kappa shape index (κ1) is 20.3. The van der Waals surface area contributed by atoms with E-state index < -0.39 is 5.82 Å². The van der Waals surface area contributed by atoms with Crippen LogP contribution < -0.4 is 14.2 Å². The zero-order chi connectivity index (χ0) is 21.6. The lowest BCUT2D eigenvalue weighted by atomic mass is 10.1. The van der Waals surface area contributed by atoms with Crippen LogP contribution in [0.15, 0.2) is 60.9 Å². The van der Waals surface area contributed by atoms with Crippen molar-refractivity contribution >= 4 is 0 Å². The number of nitrogens with zero attached hydrogens (tertiary/aromatic N) is 3. The van der Waals surface area contributed by atoms with Gasteiger partial charge in [0.05, 0.1) is 26.1 Å². The molecule has 0 amide bonds. The van der Waals surface area contributed by atoms with E-state index in [9.17, 15) is 4.39 Å². The lowest BCUT2D eigenvalue weighted by molar-refractivity contribution is 0.292. The maximum Gasteiger partial charge on any atom is 0.217 e. The van der Waals surface area contributed by atoms with Crippen LogP contribution in [0.25, 0.3) is 11.3 Å². The predicted octanol–water partition coefficient (Wildman–Crippen LogP) is 4.19. The first-order valence-corrected chi connectivity index (χ1v) is 9.60. The number of methoxy groups -OCH3 is 2. The summed E-state index contributed by atoms with van der Waals surface area (Å²) in [4.78, 5) is 9.17. The highest BCUT2D eigenvalue weighted by Gasteiger charge is 2.11. The van der Waals surface area contributed by atoms with Crippen molar-refractivity contribution in [2.24, 2.45) is 0 Å². The number of nitrogens with one attached hydrogen (secondary N) is 1. The summed E-state index contributed by atoms with van der Waals surface area (Å²) in [5, 5.41) is 6.77. The fourth-order valence-corrected chi connectivity index (χ4v) is 3.04. The normalized spacial score (nSPS) is 10.7. The van der Waals surface area contributed by atoms with Crippen molar-refractivity contribution in [2.75, 3.05) is 14.2 Å². The zero-order valence-electron chi connectivity index (χ0n) is 17.1. The number of hydrogen-bond acceptors (Lipinski definition) is 6. The molecule has 0 atom stereocenters. The lowest BCUT2D eigenvalue weighted by Gasteiger charge is -2.10. The summed E-state index contributed by atoms with van der Waals surface area (Å²) in [5.74, 6) is 1.52. The van der Waals surface area contributed by atoms with Crippen molar-refractivity contribution in [1.29, 1.82) is 0 Å². The van der Waals surface area contributed by atoms with E-state index in [1.165, 1.54) is 13.2 Å². The molecule has 0 fully saturated rings. The third-order valence-corrected chi connectivity index (χ3v) is 4.67. The Kier molecular flexibility index (Phi) is 6.07. The molecule has 0 aliphatic rings. The molecule has 0 saturated heterocycles. The summed E-state index contributed by atoms with van der Waals surface area (Å²) in [6.07, 6.45) is 3.82. The van der Waals surface area contributed by atoms with Crippen molar-refractivity contribution in [3.8, 4) is 28.6 Å². The van der Waals surface area contributed by atoms with Crippen LogP contribution in [0.1, 0.15) is 17.0 Å². The van der Waals surface area contributed by atoms with Crippen LogP contribution in [0.4, 0.5) is 4.39 Å². The first-order valence-electron chi connectivity index (χ1n) is 9.60. The molecule has 31 heavy (non-hydrogen) atoms. The molecule has 2 aromatic heterocycles. The number of aromatic nitrogens is 4. The Labute approximate surface area is 178 Å². The molecule has 2 aromatic carbocycles. The minimum Gasteiger partial charge on any atom is -0.497 e. The molecule has 0 bridgehead atoms. The van der Waals surface area contributed by atoms with Gasteiger partial charge >= 0.3 is 0 Å². The van der Waals surface area contributed by atoms with E-state index in [-0.39, 0.29) is 5.75 Å². The molecular formula is C23H21FN4O3. The van der Waals surface area contributed by atoms with E-state index in [0.29, 0.717) is 30.4 Å². The van der Waals surface area contributed by atoms with Crippen molar-refractivity contribution in [1.82, 2.24) is 20.2 Å². The molecule has 2 heterocycles. The predicted molar refractivity (Wildman–Crippen MR) is 113 cm³/mol. The maximum absolute atomic E-state index is 13.7. The highest BCUT2D eigenvalue weighted by Crippen LogP contribution is 2.24. The SMILES string of the molecule is COc1ccc(COc2cc(-c3cn[nH]c3)nc(Cc3ccc(F)c(OC)c3)n2)cc1. The second kappa shape index (κ2) is 9.25. The summed E-state index contributed by atoms with van der Waals surface area (Å²) < 4.78 is 29.9. The number of halogens is 1. The Morgan fingerprint density at radius 1 is 0.935 bits per heavy atom. The Hall–Kier alpha value is -3.94. The van der Waals surface area contributed by atoms with E-state index in [2.05, 4.69) is 20.2 Å². The fraction of sp³-hybridized carbons (Fsp3) is 0.174. The van der Waals surface area contributed by atoms with Gasteiger partial charge in [-0.1, -0.05) is 18.2 Å². The standard InChI is InChI=1S/C23H21FN4O3/c1-29-18-6-3-15(4-7-18)14-31-23-11-20(17-12-25-26-13-17)27-22(28-23)10-16-5-8-19(24)21(9-16)30-2/h3-9,11-13H,10,14H2,1-2H3,(H,25,26). The second-order valence-electron chi connectivity index (χ2n) is 6.78. The van der Waals surface area contributed by atoms with Crippen LogP contribution in [-0.2, 0) is 13.0 Å². The zero-order valence-corrected chi connectivity index (χ0v) is 17.1. The number of H-pyrrole nitrogens is 1. The fourth-order valence-electron chi connectivity index (χ4n) is 3.04. The number of rotatable bonds is 8. The summed E-state index contributed by atoms with van der Waals surface area (Å²) >= 11 is 0. The van der Waals surface area contributed by atoms with Gasteiger partial charge in [0.2, 0.25) is 5.88 Å². The largest absolute Gasteiger partial charge is 0.497 e. The molecule has 7 nitrogen and oxygen atoms in total. The number of benzene rings is 2. The molecule has 0 unspecified atom stereocenters. The van der Waals surface area contributed by atoms with Gasteiger partial charge < -0.3 is 14.2 Å². The summed E-state index contributed by atoms with van der Waals surface area (Å²) in [6.45, 7) is 0.343. The topological polar surface area (TPSA) is 82.2 Å². The molecule has 8 heteroatoms. The van der Waals surface area contributed by atoms with Crippen LogP contribution >= 0.6 is 0 Å². The second-order valence-corrected chi connectivity index (χ2v) is 6.78. The van der Waals surface area contributed by atoms with Crippen molar-refractivity contribution in [3.05, 3.63) is 83.7 Å². The first-order chi connectivity index (χ1) is 15.1. The van der Waals surface area contributed by atoms with Crippen LogP contribution in [0.3, 0.4) is 0 Å². The summed E-state index contributed by atoms with van der Waals surface area (Å²) in [7, 11) is 3.06. The van der Waals surface area contributed by atoms with Gasteiger partial charge in [0.25, 0.3) is 0 Å². The average molecular weight is 420 g/mol. The smallest absolute Gasteiger partial charge is 0.217 e. The summed E-state index contributed by atoms with van der Waals surface area (Å²) in [5.41, 5.74) is 3.30. The highest BCUT2D eigenvalue weighted by molar-refractivity contribution is 5.58. The van der Waals surface area contributed by atoms with Crippen LogP contribution in [0.5, 0.6) is 17.4 Å². The van der Waals surface area contributed by atoms with E-state index in [0.717, 1.165) is 22.4 Å². The quantitative estimate of drug-likeness (QED) is 0.460. The van der Waals surface area contributed by atoms with Crippen molar-refractivity contribution in [2.45, 2.75) is 13.0 Å². The molecule has 0 saturated carbocycles. The number of aromatic amines is 1. The molecule has 4 rings (SSSR count). The monoisotopic (exact) mass is 420 g/mol. The van der Waals surface area contributed by atoms with E-state index in [4.69, 9.17) is 14.2 Å². The third-order valence-electron chi connectivity index (χ3n) is 4.67. The molecule has 0 aliphatic heterocycles. The molecule has 0 radical (unpaired) electrons.